The highest BCUT2D eigenvalue weighted by atomic mass is 32.2. The number of hydrogen-bond acceptors (Lipinski definition) is 5. The van der Waals surface area contributed by atoms with Crippen molar-refractivity contribution in [3.63, 3.8) is 0 Å². The third-order valence-electron chi connectivity index (χ3n) is 3.65. The fraction of sp³-hybridized carbons (Fsp3) is 0.538. The van der Waals surface area contributed by atoms with E-state index in [0.717, 1.165) is 6.42 Å². The van der Waals surface area contributed by atoms with Crippen molar-refractivity contribution in [3.8, 4) is 0 Å². The Morgan fingerprint density at radius 1 is 1.38 bits per heavy atom. The van der Waals surface area contributed by atoms with Crippen molar-refractivity contribution in [1.82, 2.24) is 19.3 Å². The van der Waals surface area contributed by atoms with Crippen LogP contribution in [0.5, 0.6) is 0 Å². The van der Waals surface area contributed by atoms with Gasteiger partial charge in [0.2, 0.25) is 10.0 Å². The smallest absolute Gasteiger partial charge is 0.245 e. The van der Waals surface area contributed by atoms with Gasteiger partial charge in [0.25, 0.3) is 0 Å². The Morgan fingerprint density at radius 3 is 2.95 bits per heavy atom. The van der Waals surface area contributed by atoms with Crippen LogP contribution >= 0.6 is 0 Å². The number of hydrogen-bond donors (Lipinski definition) is 0. The van der Waals surface area contributed by atoms with E-state index in [1.54, 1.807) is 25.2 Å². The van der Waals surface area contributed by atoms with Crippen LogP contribution in [0.1, 0.15) is 13.3 Å². The van der Waals surface area contributed by atoms with Crippen LogP contribution in [0.15, 0.2) is 23.1 Å². The van der Waals surface area contributed by atoms with Crippen molar-refractivity contribution in [2.45, 2.75) is 24.3 Å². The zero-order chi connectivity index (χ0) is 15.0. The van der Waals surface area contributed by atoms with Gasteiger partial charge in [0.05, 0.1) is 12.7 Å². The van der Waals surface area contributed by atoms with Gasteiger partial charge >= 0.3 is 0 Å². The Bertz CT molecular complexity index is 756. The maximum absolute atomic E-state index is 12.9. The zero-order valence-electron chi connectivity index (χ0n) is 12.1. The zero-order valence-corrected chi connectivity index (χ0v) is 12.9. The molecule has 1 aromatic heterocycles. The van der Waals surface area contributed by atoms with Crippen LogP contribution < -0.4 is 0 Å². The van der Waals surface area contributed by atoms with E-state index in [0.29, 0.717) is 30.7 Å². The summed E-state index contributed by atoms with van der Waals surface area (Å²) in [6.07, 6.45) is 0.746. The third kappa shape index (κ3) is 2.54. The molecule has 1 fully saturated rings. The number of fused-ring (bicyclic) bond motifs is 1. The van der Waals surface area contributed by atoms with Crippen molar-refractivity contribution in [1.29, 1.82) is 0 Å². The minimum absolute atomic E-state index is 0.0467. The Kier molecular flexibility index (Phi) is 3.68. The van der Waals surface area contributed by atoms with Gasteiger partial charge in [0.15, 0.2) is 0 Å². The second-order valence-corrected chi connectivity index (χ2v) is 6.98. The van der Waals surface area contributed by atoms with E-state index in [1.165, 1.54) is 9.10 Å². The second kappa shape index (κ2) is 5.36. The van der Waals surface area contributed by atoms with E-state index in [-0.39, 0.29) is 11.0 Å². The second-order valence-electron chi connectivity index (χ2n) is 5.08. The molecule has 7 nitrogen and oxygen atoms in total. The lowest BCUT2D eigenvalue weighted by molar-refractivity contribution is -0.00276. The first-order valence-electron chi connectivity index (χ1n) is 6.94. The van der Waals surface area contributed by atoms with Crippen LogP contribution in [0.2, 0.25) is 0 Å². The summed E-state index contributed by atoms with van der Waals surface area (Å²) in [7, 11) is -1.90. The largest absolute Gasteiger partial charge is 0.375 e. The summed E-state index contributed by atoms with van der Waals surface area (Å²) in [4.78, 5) is 1.60. The van der Waals surface area contributed by atoms with E-state index in [9.17, 15) is 8.42 Å². The van der Waals surface area contributed by atoms with E-state index >= 15 is 0 Å². The lowest BCUT2D eigenvalue weighted by Gasteiger charge is -2.31. The van der Waals surface area contributed by atoms with Gasteiger partial charge in [-0.1, -0.05) is 13.0 Å². The monoisotopic (exact) mass is 310 g/mol. The summed E-state index contributed by atoms with van der Waals surface area (Å²) in [5.41, 5.74) is 0.999. The minimum Gasteiger partial charge on any atom is -0.375 e. The molecular formula is C13H18N4O3S. The molecular weight excluding hydrogens is 292 g/mol. The van der Waals surface area contributed by atoms with E-state index in [1.807, 2.05) is 6.92 Å². The van der Waals surface area contributed by atoms with Crippen LogP contribution in [-0.4, -0.2) is 53.5 Å². The molecule has 0 bridgehead atoms. The molecule has 1 aliphatic heterocycles. The molecule has 0 saturated carbocycles. The highest BCUT2D eigenvalue weighted by molar-refractivity contribution is 7.89. The van der Waals surface area contributed by atoms with Crippen LogP contribution in [0.4, 0.5) is 0 Å². The van der Waals surface area contributed by atoms with Crippen molar-refractivity contribution in [2.24, 2.45) is 7.05 Å². The standard InChI is InChI=1S/C13H18N4O3S/c1-3-10-9-17(7-8-20-10)21(18,19)12-6-4-5-11-13(12)15-16(2)14-11/h4-6,10H,3,7-9H2,1-2H3/t10-/m0/s1. The third-order valence-corrected chi connectivity index (χ3v) is 5.55. The first-order chi connectivity index (χ1) is 10.0. The number of benzene rings is 1. The summed E-state index contributed by atoms with van der Waals surface area (Å²) in [5, 5.41) is 8.34. The van der Waals surface area contributed by atoms with Gasteiger partial charge in [-0.15, -0.1) is 0 Å². The highest BCUT2D eigenvalue weighted by Crippen LogP contribution is 2.25. The lowest BCUT2D eigenvalue weighted by atomic mass is 10.2. The Morgan fingerprint density at radius 2 is 2.19 bits per heavy atom. The Labute approximate surface area is 123 Å². The van der Waals surface area contributed by atoms with Crippen LogP contribution in [-0.2, 0) is 21.8 Å². The van der Waals surface area contributed by atoms with Crippen LogP contribution in [0.25, 0.3) is 11.0 Å². The maximum atomic E-state index is 12.9. The Balaban J connectivity index is 2.04. The van der Waals surface area contributed by atoms with Crippen molar-refractivity contribution in [2.75, 3.05) is 19.7 Å². The molecule has 0 spiro atoms. The fourth-order valence-corrected chi connectivity index (χ4v) is 4.12. The lowest BCUT2D eigenvalue weighted by Crippen LogP contribution is -2.45. The average molecular weight is 310 g/mol. The number of morpholine rings is 1. The first kappa shape index (κ1) is 14.4. The number of nitrogens with zero attached hydrogens (tertiary/aromatic N) is 4. The summed E-state index contributed by atoms with van der Waals surface area (Å²) >= 11 is 0. The molecule has 114 valence electrons. The molecule has 1 saturated heterocycles. The molecule has 0 radical (unpaired) electrons. The molecule has 1 aromatic carbocycles. The van der Waals surface area contributed by atoms with E-state index in [4.69, 9.17) is 4.74 Å². The maximum Gasteiger partial charge on any atom is 0.245 e. The number of aryl methyl sites for hydroxylation is 1. The summed E-state index contributed by atoms with van der Waals surface area (Å²) in [6.45, 7) is 3.17. The predicted molar refractivity (Wildman–Crippen MR) is 77.3 cm³/mol. The van der Waals surface area contributed by atoms with Gasteiger partial charge in [-0.3, -0.25) is 0 Å². The molecule has 21 heavy (non-hydrogen) atoms. The normalized spacial score (nSPS) is 21.0. The SMILES string of the molecule is CC[C@H]1CN(S(=O)(=O)c2cccc3nn(C)nc23)CCO1. The molecule has 3 rings (SSSR count). The number of ether oxygens (including phenoxy) is 1. The van der Waals surface area contributed by atoms with Gasteiger partial charge in [0, 0.05) is 20.1 Å². The van der Waals surface area contributed by atoms with E-state index in [2.05, 4.69) is 10.2 Å². The van der Waals surface area contributed by atoms with Gasteiger partial charge in [-0.05, 0) is 18.6 Å². The van der Waals surface area contributed by atoms with Gasteiger partial charge in [-0.25, -0.2) is 8.42 Å². The summed E-state index contributed by atoms with van der Waals surface area (Å²) in [6, 6.07) is 5.04. The van der Waals surface area contributed by atoms with E-state index < -0.39 is 10.0 Å². The van der Waals surface area contributed by atoms with Crippen LogP contribution in [0.3, 0.4) is 0 Å². The molecule has 0 unspecified atom stereocenters. The fourth-order valence-electron chi connectivity index (χ4n) is 2.52. The summed E-state index contributed by atoms with van der Waals surface area (Å²) < 4.78 is 32.8. The average Bonchev–Trinajstić information content (AvgIpc) is 2.87. The Hall–Kier alpha value is -1.51. The number of aromatic nitrogens is 3. The molecule has 0 aliphatic carbocycles. The van der Waals surface area contributed by atoms with Gasteiger partial charge < -0.3 is 4.74 Å². The molecule has 1 atom stereocenters. The van der Waals surface area contributed by atoms with Crippen molar-refractivity contribution >= 4 is 21.1 Å². The van der Waals surface area contributed by atoms with Crippen molar-refractivity contribution < 1.29 is 13.2 Å². The first-order valence-corrected chi connectivity index (χ1v) is 8.38. The number of sulfonamides is 1. The number of rotatable bonds is 3. The van der Waals surface area contributed by atoms with Crippen molar-refractivity contribution in [3.05, 3.63) is 18.2 Å². The van der Waals surface area contributed by atoms with Gasteiger partial charge in [-0.2, -0.15) is 19.3 Å². The van der Waals surface area contributed by atoms with Crippen LogP contribution in [0, 0.1) is 0 Å². The minimum atomic E-state index is -3.58. The molecule has 8 heteroatoms. The molecule has 0 N–H and O–H groups in total. The van der Waals surface area contributed by atoms with Gasteiger partial charge in [0.1, 0.15) is 15.9 Å². The quantitative estimate of drug-likeness (QED) is 0.837. The topological polar surface area (TPSA) is 77.3 Å². The highest BCUT2D eigenvalue weighted by Gasteiger charge is 2.32. The summed E-state index contributed by atoms with van der Waals surface area (Å²) in [5.74, 6) is 0. The molecule has 2 heterocycles. The predicted octanol–water partition coefficient (Wildman–Crippen LogP) is 0.768. The molecule has 0 amide bonds. The molecule has 1 aliphatic rings. The molecule has 2 aromatic rings.